The summed E-state index contributed by atoms with van der Waals surface area (Å²) in [6, 6.07) is 13.6. The molecule has 3 aromatic rings. The minimum atomic E-state index is -0.640. The lowest BCUT2D eigenvalue weighted by atomic mass is 10.1. The van der Waals surface area contributed by atoms with E-state index in [0.717, 1.165) is 5.69 Å². The van der Waals surface area contributed by atoms with Crippen LogP contribution in [0.1, 0.15) is 11.1 Å². The first-order chi connectivity index (χ1) is 10.1. The molecule has 106 valence electrons. The van der Waals surface area contributed by atoms with Crippen molar-refractivity contribution in [1.29, 1.82) is 0 Å². The van der Waals surface area contributed by atoms with Crippen LogP contribution in [0.4, 0.5) is 5.69 Å². The Hall–Kier alpha value is -2.82. The molecule has 0 radical (unpaired) electrons. The van der Waals surface area contributed by atoms with Gasteiger partial charge in [0.15, 0.2) is 0 Å². The predicted molar refractivity (Wildman–Crippen MR) is 83.7 cm³/mol. The lowest BCUT2D eigenvalue weighted by Gasteiger charge is -2.09. The van der Waals surface area contributed by atoms with Crippen molar-refractivity contribution in [2.24, 2.45) is 0 Å². The number of rotatable bonds is 3. The molecular formula is C16H15N3O2. The van der Waals surface area contributed by atoms with Crippen LogP contribution in [0.3, 0.4) is 0 Å². The SMILES string of the molecule is Cc1ccccc1CNc1ccc2[nH]c(=O)c(=O)[nH]c2c1. The molecular weight excluding hydrogens is 266 g/mol. The molecule has 21 heavy (non-hydrogen) atoms. The maximum absolute atomic E-state index is 11.3. The molecule has 0 amide bonds. The Morgan fingerprint density at radius 1 is 0.952 bits per heavy atom. The van der Waals surface area contributed by atoms with E-state index < -0.39 is 11.1 Å². The predicted octanol–water partition coefficient (Wildman–Crippen LogP) is 2.14. The summed E-state index contributed by atoms with van der Waals surface area (Å²) in [5.41, 5.74) is 3.27. The highest BCUT2D eigenvalue weighted by atomic mass is 16.2. The molecule has 0 bridgehead atoms. The van der Waals surface area contributed by atoms with Crippen molar-refractivity contribution in [2.45, 2.75) is 13.5 Å². The monoisotopic (exact) mass is 281 g/mol. The summed E-state index contributed by atoms with van der Waals surface area (Å²) in [7, 11) is 0. The molecule has 0 aliphatic carbocycles. The van der Waals surface area contributed by atoms with Gasteiger partial charge in [0.2, 0.25) is 0 Å². The smallest absolute Gasteiger partial charge is 0.314 e. The quantitative estimate of drug-likeness (QED) is 0.644. The second kappa shape index (κ2) is 5.28. The van der Waals surface area contributed by atoms with Gasteiger partial charge in [0, 0.05) is 12.2 Å². The van der Waals surface area contributed by atoms with E-state index in [2.05, 4.69) is 34.3 Å². The Balaban J connectivity index is 1.88. The molecule has 0 aliphatic rings. The molecule has 0 saturated carbocycles. The molecule has 2 aromatic carbocycles. The number of nitrogens with one attached hydrogen (secondary N) is 3. The zero-order chi connectivity index (χ0) is 14.8. The van der Waals surface area contributed by atoms with E-state index in [0.29, 0.717) is 17.6 Å². The largest absolute Gasteiger partial charge is 0.381 e. The second-order valence-electron chi connectivity index (χ2n) is 4.95. The molecule has 0 spiro atoms. The molecule has 0 unspecified atom stereocenters. The molecule has 3 rings (SSSR count). The number of aromatic amines is 2. The number of aromatic nitrogens is 2. The van der Waals surface area contributed by atoms with Gasteiger partial charge >= 0.3 is 11.1 Å². The fourth-order valence-electron chi connectivity index (χ4n) is 2.23. The molecule has 0 aliphatic heterocycles. The van der Waals surface area contributed by atoms with Crippen LogP contribution in [0.25, 0.3) is 11.0 Å². The van der Waals surface area contributed by atoms with Crippen molar-refractivity contribution in [3.05, 3.63) is 74.3 Å². The topological polar surface area (TPSA) is 77.8 Å². The first kappa shape index (κ1) is 13.2. The third-order valence-corrected chi connectivity index (χ3v) is 3.47. The Kier molecular flexibility index (Phi) is 3.31. The van der Waals surface area contributed by atoms with E-state index >= 15 is 0 Å². The minimum absolute atomic E-state index is 0.606. The summed E-state index contributed by atoms with van der Waals surface area (Å²) in [5, 5.41) is 3.31. The van der Waals surface area contributed by atoms with Crippen molar-refractivity contribution in [2.75, 3.05) is 5.32 Å². The maximum atomic E-state index is 11.3. The molecule has 0 atom stereocenters. The summed E-state index contributed by atoms with van der Waals surface area (Å²) in [6.07, 6.45) is 0. The van der Waals surface area contributed by atoms with Crippen molar-refractivity contribution in [1.82, 2.24) is 9.97 Å². The summed E-state index contributed by atoms with van der Waals surface area (Å²) in [4.78, 5) is 27.7. The van der Waals surface area contributed by atoms with Crippen LogP contribution in [0.5, 0.6) is 0 Å². The number of anilines is 1. The van der Waals surface area contributed by atoms with E-state index in [-0.39, 0.29) is 0 Å². The number of hydrogen-bond acceptors (Lipinski definition) is 3. The summed E-state index contributed by atoms with van der Waals surface area (Å²) < 4.78 is 0. The molecule has 1 aromatic heterocycles. The summed E-state index contributed by atoms with van der Waals surface area (Å²) >= 11 is 0. The Bertz CT molecular complexity index is 909. The Labute approximate surface area is 120 Å². The van der Waals surface area contributed by atoms with Gasteiger partial charge in [-0.05, 0) is 36.2 Å². The number of aryl methyl sites for hydroxylation is 1. The van der Waals surface area contributed by atoms with Gasteiger partial charge < -0.3 is 15.3 Å². The van der Waals surface area contributed by atoms with Crippen molar-refractivity contribution >= 4 is 16.7 Å². The molecule has 3 N–H and O–H groups in total. The van der Waals surface area contributed by atoms with Crippen LogP contribution in [-0.2, 0) is 6.54 Å². The van der Waals surface area contributed by atoms with Gasteiger partial charge in [-0.1, -0.05) is 24.3 Å². The fourth-order valence-corrected chi connectivity index (χ4v) is 2.23. The third kappa shape index (κ3) is 2.72. The number of benzene rings is 2. The molecule has 0 saturated heterocycles. The summed E-state index contributed by atoms with van der Waals surface area (Å²) in [6.45, 7) is 2.77. The van der Waals surface area contributed by atoms with Gasteiger partial charge in [0.1, 0.15) is 0 Å². The van der Waals surface area contributed by atoms with Crippen molar-refractivity contribution in [3.63, 3.8) is 0 Å². The van der Waals surface area contributed by atoms with Crippen LogP contribution in [0.15, 0.2) is 52.1 Å². The zero-order valence-electron chi connectivity index (χ0n) is 11.6. The van der Waals surface area contributed by atoms with E-state index in [1.165, 1.54) is 11.1 Å². The van der Waals surface area contributed by atoms with Gasteiger partial charge in [-0.2, -0.15) is 0 Å². The number of fused-ring (bicyclic) bond motifs is 1. The van der Waals surface area contributed by atoms with Crippen molar-refractivity contribution in [3.8, 4) is 0 Å². The average molecular weight is 281 g/mol. The molecule has 0 fully saturated rings. The maximum Gasteiger partial charge on any atom is 0.314 e. The third-order valence-electron chi connectivity index (χ3n) is 3.47. The first-order valence-corrected chi connectivity index (χ1v) is 6.68. The molecule has 5 nitrogen and oxygen atoms in total. The average Bonchev–Trinajstić information content (AvgIpc) is 2.48. The van der Waals surface area contributed by atoms with E-state index in [1.807, 2.05) is 24.3 Å². The van der Waals surface area contributed by atoms with E-state index in [9.17, 15) is 9.59 Å². The second-order valence-corrected chi connectivity index (χ2v) is 4.95. The lowest BCUT2D eigenvalue weighted by molar-refractivity contribution is 1.11. The van der Waals surface area contributed by atoms with E-state index in [1.54, 1.807) is 6.07 Å². The van der Waals surface area contributed by atoms with Crippen molar-refractivity contribution < 1.29 is 0 Å². The van der Waals surface area contributed by atoms with Gasteiger partial charge in [-0.3, -0.25) is 9.59 Å². The van der Waals surface area contributed by atoms with Gasteiger partial charge in [-0.25, -0.2) is 0 Å². The van der Waals surface area contributed by atoms with Crippen LogP contribution in [0, 0.1) is 6.92 Å². The Morgan fingerprint density at radius 2 is 1.67 bits per heavy atom. The highest BCUT2D eigenvalue weighted by Gasteiger charge is 2.02. The van der Waals surface area contributed by atoms with E-state index in [4.69, 9.17) is 0 Å². The normalized spacial score (nSPS) is 10.7. The zero-order valence-corrected chi connectivity index (χ0v) is 11.6. The lowest BCUT2D eigenvalue weighted by Crippen LogP contribution is -2.28. The van der Waals surface area contributed by atoms with Crippen LogP contribution in [0.2, 0.25) is 0 Å². The highest BCUT2D eigenvalue weighted by molar-refractivity contribution is 5.78. The number of H-pyrrole nitrogens is 2. The highest BCUT2D eigenvalue weighted by Crippen LogP contribution is 2.16. The van der Waals surface area contributed by atoms with Crippen LogP contribution < -0.4 is 16.4 Å². The number of hydrogen-bond donors (Lipinski definition) is 3. The van der Waals surface area contributed by atoms with Crippen LogP contribution in [-0.4, -0.2) is 9.97 Å². The molecule has 1 heterocycles. The van der Waals surface area contributed by atoms with Gasteiger partial charge in [0.25, 0.3) is 0 Å². The molecule has 5 heteroatoms. The standard InChI is InChI=1S/C16H15N3O2/c1-10-4-2-3-5-11(10)9-17-12-6-7-13-14(8-12)19-16(21)15(20)18-13/h2-8,17H,9H2,1H3,(H,18,20)(H,19,21). The van der Waals surface area contributed by atoms with Gasteiger partial charge in [0.05, 0.1) is 11.0 Å². The Morgan fingerprint density at radius 3 is 2.43 bits per heavy atom. The first-order valence-electron chi connectivity index (χ1n) is 6.68. The van der Waals surface area contributed by atoms with Gasteiger partial charge in [-0.15, -0.1) is 0 Å². The summed E-state index contributed by atoms with van der Waals surface area (Å²) in [5.74, 6) is 0. The minimum Gasteiger partial charge on any atom is -0.381 e. The van der Waals surface area contributed by atoms with Crippen LogP contribution >= 0.6 is 0 Å². The fraction of sp³-hybridized carbons (Fsp3) is 0.125.